The van der Waals surface area contributed by atoms with Gasteiger partial charge in [-0.05, 0) is 32.4 Å². The van der Waals surface area contributed by atoms with Gasteiger partial charge in [-0.25, -0.2) is 0 Å². The maximum absolute atomic E-state index is 4.46. The van der Waals surface area contributed by atoms with Crippen LogP contribution in [0.1, 0.15) is 12.8 Å². The molecule has 0 radical (unpaired) electrons. The third-order valence-electron chi connectivity index (χ3n) is 2.97. The zero-order valence-electron chi connectivity index (χ0n) is 8.92. The van der Waals surface area contributed by atoms with Gasteiger partial charge < -0.3 is 15.5 Å². The normalized spacial score (nSPS) is 27.4. The van der Waals surface area contributed by atoms with Gasteiger partial charge in [0.25, 0.3) is 0 Å². The number of nitrogens with one attached hydrogen (secondary N) is 2. The summed E-state index contributed by atoms with van der Waals surface area (Å²) in [5, 5.41) is 6.61. The summed E-state index contributed by atoms with van der Waals surface area (Å²) in [5.74, 6) is 1.92. The lowest BCUT2D eigenvalue weighted by atomic mass is 9.98. The molecule has 0 aromatic carbocycles. The SMILES string of the molecule is CNCC1CCCN(C2=NCCN2)C1. The van der Waals surface area contributed by atoms with Gasteiger partial charge in [0.1, 0.15) is 0 Å². The molecule has 0 amide bonds. The average Bonchev–Trinajstić information content (AvgIpc) is 2.71. The highest BCUT2D eigenvalue weighted by Gasteiger charge is 2.22. The summed E-state index contributed by atoms with van der Waals surface area (Å²) >= 11 is 0. The van der Waals surface area contributed by atoms with Crippen molar-refractivity contribution in [1.29, 1.82) is 0 Å². The van der Waals surface area contributed by atoms with Gasteiger partial charge in [-0.15, -0.1) is 0 Å². The quantitative estimate of drug-likeness (QED) is 0.646. The fourth-order valence-corrected chi connectivity index (χ4v) is 2.31. The van der Waals surface area contributed by atoms with Crippen molar-refractivity contribution in [3.05, 3.63) is 0 Å². The third-order valence-corrected chi connectivity index (χ3v) is 2.97. The third kappa shape index (κ3) is 2.18. The second-order valence-electron chi connectivity index (χ2n) is 4.14. The molecule has 4 heteroatoms. The Morgan fingerprint density at radius 3 is 3.29 bits per heavy atom. The molecule has 2 rings (SSSR count). The topological polar surface area (TPSA) is 39.7 Å². The molecule has 2 aliphatic heterocycles. The van der Waals surface area contributed by atoms with Crippen molar-refractivity contribution in [3.63, 3.8) is 0 Å². The second kappa shape index (κ2) is 4.64. The highest BCUT2D eigenvalue weighted by molar-refractivity contribution is 5.81. The van der Waals surface area contributed by atoms with Gasteiger partial charge in [-0.2, -0.15) is 0 Å². The first kappa shape index (κ1) is 9.77. The highest BCUT2D eigenvalue weighted by Crippen LogP contribution is 2.16. The fourth-order valence-electron chi connectivity index (χ4n) is 2.31. The predicted molar refractivity (Wildman–Crippen MR) is 58.5 cm³/mol. The first-order chi connectivity index (χ1) is 6.90. The predicted octanol–water partition coefficient (Wildman–Crippen LogP) is -0.123. The van der Waals surface area contributed by atoms with Gasteiger partial charge in [0.2, 0.25) is 0 Å². The van der Waals surface area contributed by atoms with Crippen LogP contribution in [-0.4, -0.2) is 50.6 Å². The molecule has 1 atom stereocenters. The zero-order valence-corrected chi connectivity index (χ0v) is 8.92. The number of rotatable bonds is 2. The van der Waals surface area contributed by atoms with Crippen molar-refractivity contribution >= 4 is 5.96 Å². The van der Waals surface area contributed by atoms with E-state index in [9.17, 15) is 0 Å². The highest BCUT2D eigenvalue weighted by atomic mass is 15.3. The van der Waals surface area contributed by atoms with E-state index in [1.54, 1.807) is 0 Å². The number of aliphatic imine (C=N–C) groups is 1. The molecule has 2 N–H and O–H groups in total. The number of nitrogens with zero attached hydrogens (tertiary/aromatic N) is 2. The molecule has 0 spiro atoms. The molecule has 0 bridgehead atoms. The van der Waals surface area contributed by atoms with Gasteiger partial charge >= 0.3 is 0 Å². The van der Waals surface area contributed by atoms with E-state index >= 15 is 0 Å². The number of hydrogen-bond donors (Lipinski definition) is 2. The monoisotopic (exact) mass is 196 g/mol. The average molecular weight is 196 g/mol. The van der Waals surface area contributed by atoms with E-state index in [-0.39, 0.29) is 0 Å². The van der Waals surface area contributed by atoms with Crippen molar-refractivity contribution in [2.45, 2.75) is 12.8 Å². The van der Waals surface area contributed by atoms with Gasteiger partial charge in [0.05, 0.1) is 6.54 Å². The molecule has 2 aliphatic rings. The minimum absolute atomic E-state index is 0.791. The molecule has 80 valence electrons. The standard InChI is InChI=1S/C10H20N4/c1-11-7-9-3-2-6-14(8-9)10-12-4-5-13-10/h9,11H,2-8H2,1H3,(H,12,13). The van der Waals surface area contributed by atoms with Crippen molar-refractivity contribution in [2.24, 2.45) is 10.9 Å². The molecule has 1 fully saturated rings. The van der Waals surface area contributed by atoms with E-state index in [1.807, 2.05) is 7.05 Å². The number of hydrogen-bond acceptors (Lipinski definition) is 4. The van der Waals surface area contributed by atoms with Crippen LogP contribution >= 0.6 is 0 Å². The zero-order chi connectivity index (χ0) is 9.80. The Balaban J connectivity index is 1.86. The Bertz CT molecular complexity index is 212. The lowest BCUT2D eigenvalue weighted by molar-refractivity contribution is 0.251. The van der Waals surface area contributed by atoms with Crippen LogP contribution in [0.25, 0.3) is 0 Å². The minimum Gasteiger partial charge on any atom is -0.354 e. The first-order valence-electron chi connectivity index (χ1n) is 5.58. The summed E-state index contributed by atoms with van der Waals surface area (Å²) in [6, 6.07) is 0. The molecular formula is C10H20N4. The van der Waals surface area contributed by atoms with E-state index in [4.69, 9.17) is 0 Å². The van der Waals surface area contributed by atoms with E-state index in [2.05, 4.69) is 20.5 Å². The summed E-state index contributed by atoms with van der Waals surface area (Å²) in [7, 11) is 2.03. The smallest absolute Gasteiger partial charge is 0.194 e. The Morgan fingerprint density at radius 1 is 1.64 bits per heavy atom. The molecule has 0 saturated carbocycles. The van der Waals surface area contributed by atoms with Crippen LogP contribution in [0.4, 0.5) is 0 Å². The van der Waals surface area contributed by atoms with Crippen LogP contribution in [0.2, 0.25) is 0 Å². The van der Waals surface area contributed by atoms with Crippen LogP contribution in [0.3, 0.4) is 0 Å². The largest absolute Gasteiger partial charge is 0.354 e. The summed E-state index contributed by atoms with van der Waals surface area (Å²) < 4.78 is 0. The van der Waals surface area contributed by atoms with Gasteiger partial charge in [-0.3, -0.25) is 4.99 Å². The molecule has 1 saturated heterocycles. The Kier molecular flexibility index (Phi) is 3.24. The maximum Gasteiger partial charge on any atom is 0.194 e. The van der Waals surface area contributed by atoms with Crippen molar-refractivity contribution < 1.29 is 0 Å². The molecule has 0 aliphatic carbocycles. The molecule has 0 aromatic rings. The molecule has 14 heavy (non-hydrogen) atoms. The van der Waals surface area contributed by atoms with Crippen molar-refractivity contribution in [1.82, 2.24) is 15.5 Å². The van der Waals surface area contributed by atoms with Gasteiger partial charge in [0.15, 0.2) is 5.96 Å². The van der Waals surface area contributed by atoms with Crippen molar-refractivity contribution in [3.8, 4) is 0 Å². The van der Waals surface area contributed by atoms with Gasteiger partial charge in [-0.1, -0.05) is 0 Å². The van der Waals surface area contributed by atoms with Crippen LogP contribution in [0, 0.1) is 5.92 Å². The van der Waals surface area contributed by atoms with E-state index in [0.29, 0.717) is 0 Å². The number of piperidine rings is 1. The number of guanidine groups is 1. The summed E-state index contributed by atoms with van der Waals surface area (Å²) in [6.45, 7) is 5.42. The van der Waals surface area contributed by atoms with E-state index < -0.39 is 0 Å². The summed E-state index contributed by atoms with van der Waals surface area (Å²) in [6.07, 6.45) is 2.65. The Morgan fingerprint density at radius 2 is 2.57 bits per heavy atom. The molecule has 1 unspecified atom stereocenters. The lowest BCUT2D eigenvalue weighted by Gasteiger charge is -2.33. The van der Waals surface area contributed by atoms with Crippen LogP contribution in [0.15, 0.2) is 4.99 Å². The van der Waals surface area contributed by atoms with E-state index in [0.717, 1.165) is 38.1 Å². The summed E-state index contributed by atoms with van der Waals surface area (Å²) in [4.78, 5) is 6.87. The maximum atomic E-state index is 4.46. The first-order valence-corrected chi connectivity index (χ1v) is 5.58. The van der Waals surface area contributed by atoms with Crippen LogP contribution < -0.4 is 10.6 Å². The fraction of sp³-hybridized carbons (Fsp3) is 0.900. The molecule has 4 nitrogen and oxygen atoms in total. The van der Waals surface area contributed by atoms with E-state index in [1.165, 1.54) is 19.4 Å². The lowest BCUT2D eigenvalue weighted by Crippen LogP contribution is -2.46. The van der Waals surface area contributed by atoms with Crippen LogP contribution in [0.5, 0.6) is 0 Å². The van der Waals surface area contributed by atoms with Gasteiger partial charge in [0, 0.05) is 19.6 Å². The second-order valence-corrected chi connectivity index (χ2v) is 4.14. The Hall–Kier alpha value is -0.770. The van der Waals surface area contributed by atoms with Crippen LogP contribution in [-0.2, 0) is 0 Å². The molecule has 2 heterocycles. The minimum atomic E-state index is 0.791. The molecular weight excluding hydrogens is 176 g/mol. The number of likely N-dealkylation sites (tertiary alicyclic amines) is 1. The van der Waals surface area contributed by atoms with Crippen molar-refractivity contribution in [2.75, 3.05) is 39.8 Å². The Labute approximate surface area is 85.8 Å². The molecule has 0 aromatic heterocycles. The summed E-state index contributed by atoms with van der Waals surface area (Å²) in [5.41, 5.74) is 0.